The standard InChI is InChI=1S/C21H21NO4/c23-15(12-22-20(24)17-9-3-4-10-18(17)21(22)25)13-26-19-11-5-7-14-6-1-2-8-16(14)19/h1-4,6,8-10,15,19,23H,5,7,11-13H2. The Hall–Kier alpha value is -2.50. The fourth-order valence-electron chi connectivity index (χ4n) is 3.78. The molecular weight excluding hydrogens is 330 g/mol. The number of fused-ring (bicyclic) bond motifs is 2. The average Bonchev–Trinajstić information content (AvgIpc) is 2.91. The summed E-state index contributed by atoms with van der Waals surface area (Å²) in [5.41, 5.74) is 3.25. The molecule has 1 aliphatic carbocycles. The van der Waals surface area contributed by atoms with E-state index in [4.69, 9.17) is 4.74 Å². The summed E-state index contributed by atoms with van der Waals surface area (Å²) < 4.78 is 5.93. The second-order valence-electron chi connectivity index (χ2n) is 6.83. The summed E-state index contributed by atoms with van der Waals surface area (Å²) in [6.07, 6.45) is 2.06. The lowest BCUT2D eigenvalue weighted by atomic mass is 9.89. The molecule has 0 bridgehead atoms. The monoisotopic (exact) mass is 351 g/mol. The van der Waals surface area contributed by atoms with Crippen LogP contribution in [0.4, 0.5) is 0 Å². The highest BCUT2D eigenvalue weighted by molar-refractivity contribution is 6.21. The number of hydrogen-bond donors (Lipinski definition) is 1. The van der Waals surface area contributed by atoms with E-state index < -0.39 is 6.10 Å². The largest absolute Gasteiger partial charge is 0.389 e. The summed E-state index contributed by atoms with van der Waals surface area (Å²) in [4.78, 5) is 25.8. The molecule has 1 N–H and O–H groups in total. The molecule has 0 saturated heterocycles. The van der Waals surface area contributed by atoms with Crippen molar-refractivity contribution in [1.82, 2.24) is 4.90 Å². The first-order valence-corrected chi connectivity index (χ1v) is 8.98. The Morgan fingerprint density at radius 3 is 2.42 bits per heavy atom. The van der Waals surface area contributed by atoms with E-state index in [1.54, 1.807) is 24.3 Å². The number of imide groups is 1. The zero-order chi connectivity index (χ0) is 18.1. The van der Waals surface area contributed by atoms with Crippen LogP contribution in [0, 0.1) is 0 Å². The quantitative estimate of drug-likeness (QED) is 0.841. The van der Waals surface area contributed by atoms with Crippen LogP contribution in [0.15, 0.2) is 48.5 Å². The predicted molar refractivity (Wildman–Crippen MR) is 95.9 cm³/mol. The van der Waals surface area contributed by atoms with Crippen LogP contribution < -0.4 is 0 Å². The van der Waals surface area contributed by atoms with Crippen molar-refractivity contribution in [3.8, 4) is 0 Å². The summed E-state index contributed by atoms with van der Waals surface area (Å²) in [5.74, 6) is -0.708. The molecule has 134 valence electrons. The lowest BCUT2D eigenvalue weighted by Gasteiger charge is -2.27. The minimum absolute atomic E-state index is 0.0446. The van der Waals surface area contributed by atoms with E-state index in [0.717, 1.165) is 24.2 Å². The molecule has 0 aromatic heterocycles. The normalized spacial score (nSPS) is 20.0. The van der Waals surface area contributed by atoms with Gasteiger partial charge < -0.3 is 9.84 Å². The summed E-state index contributed by atoms with van der Waals surface area (Å²) in [5, 5.41) is 10.3. The Balaban J connectivity index is 1.38. The van der Waals surface area contributed by atoms with E-state index in [1.165, 1.54) is 11.1 Å². The molecule has 2 aromatic rings. The Morgan fingerprint density at radius 2 is 1.69 bits per heavy atom. The molecule has 0 fully saturated rings. The summed E-state index contributed by atoms with van der Waals surface area (Å²) >= 11 is 0. The van der Waals surface area contributed by atoms with E-state index in [2.05, 4.69) is 12.1 Å². The predicted octanol–water partition coefficient (Wildman–Crippen LogP) is 2.74. The van der Waals surface area contributed by atoms with Crippen molar-refractivity contribution in [1.29, 1.82) is 0 Å². The SMILES string of the molecule is O=C1c2ccccc2C(=O)N1CC(O)COC1CCCc2ccccc21. The Kier molecular flexibility index (Phi) is 4.57. The Bertz CT molecular complexity index is 812. The van der Waals surface area contributed by atoms with Crippen LogP contribution in [-0.2, 0) is 11.2 Å². The second kappa shape index (κ2) is 7.02. The number of ether oxygens (including phenoxy) is 1. The van der Waals surface area contributed by atoms with Gasteiger partial charge in [0.25, 0.3) is 11.8 Å². The van der Waals surface area contributed by atoms with Crippen LogP contribution in [0.5, 0.6) is 0 Å². The van der Waals surface area contributed by atoms with Crippen LogP contribution in [0.25, 0.3) is 0 Å². The minimum Gasteiger partial charge on any atom is -0.389 e. The van der Waals surface area contributed by atoms with Gasteiger partial charge in [0.1, 0.15) is 0 Å². The fourth-order valence-corrected chi connectivity index (χ4v) is 3.78. The van der Waals surface area contributed by atoms with Gasteiger partial charge in [-0.25, -0.2) is 0 Å². The van der Waals surface area contributed by atoms with Crippen molar-refractivity contribution >= 4 is 11.8 Å². The highest BCUT2D eigenvalue weighted by Gasteiger charge is 2.36. The van der Waals surface area contributed by atoms with Gasteiger partial charge >= 0.3 is 0 Å². The number of aliphatic hydroxyl groups is 1. The highest BCUT2D eigenvalue weighted by atomic mass is 16.5. The van der Waals surface area contributed by atoms with E-state index >= 15 is 0 Å². The van der Waals surface area contributed by atoms with Gasteiger partial charge in [0.15, 0.2) is 0 Å². The number of nitrogens with zero attached hydrogens (tertiary/aromatic N) is 1. The van der Waals surface area contributed by atoms with Gasteiger partial charge in [-0.1, -0.05) is 36.4 Å². The molecule has 2 amide bonds. The topological polar surface area (TPSA) is 66.8 Å². The van der Waals surface area contributed by atoms with Crippen LogP contribution in [0.1, 0.15) is 50.8 Å². The molecule has 2 aromatic carbocycles. The van der Waals surface area contributed by atoms with E-state index in [9.17, 15) is 14.7 Å². The summed E-state index contributed by atoms with van der Waals surface area (Å²) in [6.45, 7) is 0.0348. The van der Waals surface area contributed by atoms with Crippen LogP contribution >= 0.6 is 0 Å². The molecule has 2 atom stereocenters. The van der Waals surface area contributed by atoms with E-state index in [-0.39, 0.29) is 31.1 Å². The molecule has 1 heterocycles. The molecule has 26 heavy (non-hydrogen) atoms. The van der Waals surface area contributed by atoms with E-state index in [0.29, 0.717) is 11.1 Å². The zero-order valence-electron chi connectivity index (χ0n) is 14.4. The van der Waals surface area contributed by atoms with Gasteiger partial charge in [-0.2, -0.15) is 0 Å². The number of amides is 2. The number of carbonyl (C=O) groups excluding carboxylic acids is 2. The van der Waals surface area contributed by atoms with E-state index in [1.807, 2.05) is 12.1 Å². The van der Waals surface area contributed by atoms with Crippen LogP contribution in [0.2, 0.25) is 0 Å². The molecule has 2 unspecified atom stereocenters. The number of aliphatic hydroxyl groups excluding tert-OH is 1. The number of hydrogen-bond acceptors (Lipinski definition) is 4. The molecule has 0 saturated carbocycles. The summed E-state index contributed by atoms with van der Waals surface area (Å²) in [6, 6.07) is 14.9. The zero-order valence-corrected chi connectivity index (χ0v) is 14.4. The Morgan fingerprint density at radius 1 is 1.04 bits per heavy atom. The third-order valence-corrected chi connectivity index (χ3v) is 5.08. The minimum atomic E-state index is -0.911. The smallest absolute Gasteiger partial charge is 0.261 e. The molecular formula is C21H21NO4. The van der Waals surface area contributed by atoms with Crippen LogP contribution in [-0.4, -0.2) is 41.1 Å². The lowest BCUT2D eigenvalue weighted by molar-refractivity contribution is -0.0242. The van der Waals surface area contributed by atoms with Crippen molar-refractivity contribution in [2.75, 3.05) is 13.2 Å². The van der Waals surface area contributed by atoms with Gasteiger partial charge in [0.2, 0.25) is 0 Å². The number of β-amino-alcohol motifs (C(OH)–C–C–N with tert-alkyl or cyclic N) is 1. The van der Waals surface area contributed by atoms with Gasteiger partial charge in [-0.05, 0) is 42.5 Å². The van der Waals surface area contributed by atoms with Gasteiger partial charge in [-0.15, -0.1) is 0 Å². The molecule has 5 heteroatoms. The number of carbonyl (C=O) groups is 2. The fraction of sp³-hybridized carbons (Fsp3) is 0.333. The van der Waals surface area contributed by atoms with Crippen molar-refractivity contribution in [3.05, 3.63) is 70.8 Å². The maximum Gasteiger partial charge on any atom is 0.261 e. The van der Waals surface area contributed by atoms with Crippen molar-refractivity contribution in [2.45, 2.75) is 31.5 Å². The molecule has 2 aliphatic rings. The number of aryl methyl sites for hydroxylation is 1. The molecule has 4 rings (SSSR count). The first-order chi connectivity index (χ1) is 12.6. The lowest BCUT2D eigenvalue weighted by Crippen LogP contribution is -2.39. The maximum atomic E-state index is 12.4. The van der Waals surface area contributed by atoms with Crippen LogP contribution in [0.3, 0.4) is 0 Å². The molecule has 5 nitrogen and oxygen atoms in total. The Labute approximate surface area is 152 Å². The van der Waals surface area contributed by atoms with Gasteiger partial charge in [-0.3, -0.25) is 14.5 Å². The first-order valence-electron chi connectivity index (χ1n) is 8.98. The highest BCUT2D eigenvalue weighted by Crippen LogP contribution is 2.32. The average molecular weight is 351 g/mol. The molecule has 1 aliphatic heterocycles. The van der Waals surface area contributed by atoms with Gasteiger partial charge in [0, 0.05) is 0 Å². The maximum absolute atomic E-state index is 12.4. The number of benzene rings is 2. The third kappa shape index (κ3) is 3.04. The molecule has 0 spiro atoms. The second-order valence-corrected chi connectivity index (χ2v) is 6.83. The van der Waals surface area contributed by atoms with Gasteiger partial charge in [0.05, 0.1) is 36.5 Å². The van der Waals surface area contributed by atoms with Crippen molar-refractivity contribution in [3.63, 3.8) is 0 Å². The first kappa shape index (κ1) is 16.9. The third-order valence-electron chi connectivity index (χ3n) is 5.08. The summed E-state index contributed by atoms with van der Waals surface area (Å²) in [7, 11) is 0. The van der Waals surface area contributed by atoms with Crippen molar-refractivity contribution in [2.24, 2.45) is 0 Å². The van der Waals surface area contributed by atoms with Crippen molar-refractivity contribution < 1.29 is 19.4 Å². The number of rotatable bonds is 5. The molecule has 0 radical (unpaired) electrons.